The van der Waals surface area contributed by atoms with Crippen LogP contribution >= 0.6 is 0 Å². The van der Waals surface area contributed by atoms with Gasteiger partial charge in [-0.2, -0.15) is 0 Å². The number of carbonyl (C=O) groups is 1. The number of hydrogen-bond donors (Lipinski definition) is 0. The molecule has 1 radical (unpaired) electrons. The number of rotatable bonds is 2. The molecule has 1 rings (SSSR count). The molecule has 0 amide bonds. The highest BCUT2D eigenvalue weighted by molar-refractivity contribution is 5.76. The number of hydrogen-bond acceptors (Lipinski definition) is 2. The molecule has 2 nitrogen and oxygen atoms in total. The van der Waals surface area contributed by atoms with Crippen molar-refractivity contribution < 1.29 is 9.53 Å². The van der Waals surface area contributed by atoms with E-state index < -0.39 is 5.41 Å². The normalized spacial score (nSPS) is 11.1. The highest BCUT2D eigenvalue weighted by Crippen LogP contribution is 2.16. The van der Waals surface area contributed by atoms with Gasteiger partial charge in [-0.15, -0.1) is 0 Å². The first-order valence-corrected chi connectivity index (χ1v) is 4.59. The van der Waals surface area contributed by atoms with E-state index in [0.29, 0.717) is 0 Å². The lowest BCUT2D eigenvalue weighted by Crippen LogP contribution is -2.22. The molecule has 0 bridgehead atoms. The van der Waals surface area contributed by atoms with E-state index in [2.05, 4.69) is 0 Å². The Bertz CT molecular complexity index is 296. The Labute approximate surface area is 84.9 Å². The molecule has 0 saturated carbocycles. The fourth-order valence-electron chi connectivity index (χ4n) is 0.830. The van der Waals surface area contributed by atoms with Gasteiger partial charge in [0.05, 0.1) is 5.41 Å². The summed E-state index contributed by atoms with van der Waals surface area (Å²) in [5.41, 5.74) is 0.441. The Balaban J connectivity index is 2.46. The molecule has 1 aromatic carbocycles. The largest absolute Gasteiger partial charge is 0.453 e. The summed E-state index contributed by atoms with van der Waals surface area (Å²) in [5, 5.41) is 0. The Morgan fingerprint density at radius 1 is 1.21 bits per heavy atom. The lowest BCUT2D eigenvalue weighted by molar-refractivity contribution is -0.148. The first kappa shape index (κ1) is 10.8. The number of carbonyl (C=O) groups excluding carboxylic acids is 1. The van der Waals surface area contributed by atoms with Crippen LogP contribution in [0.15, 0.2) is 30.3 Å². The summed E-state index contributed by atoms with van der Waals surface area (Å²) in [5.74, 6) is -0.221. The van der Waals surface area contributed by atoms with Crippen LogP contribution in [0.2, 0.25) is 0 Å². The molecule has 0 N–H and O–H groups in total. The van der Waals surface area contributed by atoms with Crippen molar-refractivity contribution in [3.05, 3.63) is 42.5 Å². The van der Waals surface area contributed by atoms with Crippen LogP contribution in [-0.2, 0) is 9.53 Å². The van der Waals surface area contributed by atoms with Crippen molar-refractivity contribution in [2.45, 2.75) is 20.8 Å². The van der Waals surface area contributed by atoms with E-state index >= 15 is 0 Å². The third-order valence-electron chi connectivity index (χ3n) is 1.71. The Hall–Kier alpha value is -1.31. The second kappa shape index (κ2) is 4.27. The Morgan fingerprint density at radius 3 is 2.29 bits per heavy atom. The zero-order valence-electron chi connectivity index (χ0n) is 8.78. The predicted molar refractivity (Wildman–Crippen MR) is 55.4 cm³/mol. The van der Waals surface area contributed by atoms with Crippen LogP contribution in [0.5, 0.6) is 0 Å². The minimum absolute atomic E-state index is 0.221. The standard InChI is InChI=1S/C12H15O2/c1-12(2,3)11(13)14-9-10-7-5-4-6-8-10/h4-9H,1-3H3. The average molecular weight is 191 g/mol. The second-order valence-electron chi connectivity index (χ2n) is 4.18. The molecule has 0 fully saturated rings. The summed E-state index contributed by atoms with van der Waals surface area (Å²) in [6, 6.07) is 9.49. The van der Waals surface area contributed by atoms with Crippen molar-refractivity contribution in [1.29, 1.82) is 0 Å². The van der Waals surface area contributed by atoms with Gasteiger partial charge in [-0.25, -0.2) is 0 Å². The Kier molecular flexibility index (Phi) is 3.28. The van der Waals surface area contributed by atoms with E-state index in [1.165, 1.54) is 6.61 Å². The van der Waals surface area contributed by atoms with Gasteiger partial charge in [0.25, 0.3) is 0 Å². The van der Waals surface area contributed by atoms with E-state index in [1.807, 2.05) is 51.1 Å². The third-order valence-corrected chi connectivity index (χ3v) is 1.71. The highest BCUT2D eigenvalue weighted by atomic mass is 16.5. The van der Waals surface area contributed by atoms with Crippen LogP contribution < -0.4 is 0 Å². The molecule has 14 heavy (non-hydrogen) atoms. The molecule has 0 aromatic heterocycles. The van der Waals surface area contributed by atoms with Crippen LogP contribution in [0.1, 0.15) is 26.3 Å². The van der Waals surface area contributed by atoms with Crippen LogP contribution in [0.25, 0.3) is 0 Å². The maximum absolute atomic E-state index is 11.4. The molecule has 0 spiro atoms. The smallest absolute Gasteiger partial charge is 0.311 e. The van der Waals surface area contributed by atoms with Crippen molar-refractivity contribution in [2.75, 3.05) is 0 Å². The van der Waals surface area contributed by atoms with E-state index in [0.717, 1.165) is 5.56 Å². The Morgan fingerprint density at radius 2 is 1.79 bits per heavy atom. The minimum atomic E-state index is -0.453. The summed E-state index contributed by atoms with van der Waals surface area (Å²) in [7, 11) is 0. The number of benzene rings is 1. The predicted octanol–water partition coefficient (Wildman–Crippen LogP) is 2.79. The van der Waals surface area contributed by atoms with Crippen LogP contribution in [0.4, 0.5) is 0 Å². The van der Waals surface area contributed by atoms with Gasteiger partial charge in [-0.1, -0.05) is 30.3 Å². The van der Waals surface area contributed by atoms with Gasteiger partial charge in [0.15, 0.2) is 6.61 Å². The molecule has 0 saturated heterocycles. The van der Waals surface area contributed by atoms with Gasteiger partial charge in [0.1, 0.15) is 0 Å². The topological polar surface area (TPSA) is 26.3 Å². The van der Waals surface area contributed by atoms with Gasteiger partial charge >= 0.3 is 5.97 Å². The molecule has 0 heterocycles. The molecule has 0 aliphatic heterocycles. The summed E-state index contributed by atoms with van der Waals surface area (Å²) in [6.45, 7) is 6.96. The lowest BCUT2D eigenvalue weighted by Gasteiger charge is -2.15. The summed E-state index contributed by atoms with van der Waals surface area (Å²) >= 11 is 0. The molecule has 0 atom stereocenters. The summed E-state index contributed by atoms with van der Waals surface area (Å²) < 4.78 is 5.03. The SMILES string of the molecule is CC(C)(C)C(=O)O[CH]c1ccccc1. The maximum Gasteiger partial charge on any atom is 0.311 e. The van der Waals surface area contributed by atoms with E-state index in [4.69, 9.17) is 4.74 Å². The fourth-order valence-corrected chi connectivity index (χ4v) is 0.830. The van der Waals surface area contributed by atoms with Crippen molar-refractivity contribution in [3.8, 4) is 0 Å². The van der Waals surface area contributed by atoms with E-state index in [-0.39, 0.29) is 5.97 Å². The average Bonchev–Trinajstić information content (AvgIpc) is 2.14. The third kappa shape index (κ3) is 3.21. The quantitative estimate of drug-likeness (QED) is 0.672. The zero-order chi connectivity index (χ0) is 10.6. The van der Waals surface area contributed by atoms with Crippen LogP contribution in [0, 0.1) is 12.0 Å². The lowest BCUT2D eigenvalue weighted by atomic mass is 9.97. The molecule has 2 heteroatoms. The second-order valence-corrected chi connectivity index (χ2v) is 4.18. The van der Waals surface area contributed by atoms with E-state index in [9.17, 15) is 4.79 Å². The van der Waals surface area contributed by atoms with Crippen molar-refractivity contribution in [1.82, 2.24) is 0 Å². The fraction of sp³-hybridized carbons (Fsp3) is 0.333. The van der Waals surface area contributed by atoms with Crippen molar-refractivity contribution in [3.63, 3.8) is 0 Å². The zero-order valence-corrected chi connectivity index (χ0v) is 8.78. The summed E-state index contributed by atoms with van der Waals surface area (Å²) in [6.07, 6.45) is 0. The molecule has 0 aliphatic carbocycles. The highest BCUT2D eigenvalue weighted by Gasteiger charge is 2.22. The van der Waals surface area contributed by atoms with Gasteiger partial charge in [-0.05, 0) is 26.3 Å². The molecular formula is C12H15O2. The molecular weight excluding hydrogens is 176 g/mol. The van der Waals surface area contributed by atoms with E-state index in [1.54, 1.807) is 0 Å². The molecule has 1 aromatic rings. The van der Waals surface area contributed by atoms with Gasteiger partial charge in [0.2, 0.25) is 0 Å². The summed E-state index contributed by atoms with van der Waals surface area (Å²) in [4.78, 5) is 11.4. The maximum atomic E-state index is 11.4. The molecule has 75 valence electrons. The van der Waals surface area contributed by atoms with Gasteiger partial charge < -0.3 is 4.74 Å². The van der Waals surface area contributed by atoms with Crippen LogP contribution in [0.3, 0.4) is 0 Å². The number of ether oxygens (including phenoxy) is 1. The number of esters is 1. The van der Waals surface area contributed by atoms with Gasteiger partial charge in [0, 0.05) is 0 Å². The van der Waals surface area contributed by atoms with Crippen molar-refractivity contribution in [2.24, 2.45) is 5.41 Å². The van der Waals surface area contributed by atoms with Crippen molar-refractivity contribution >= 4 is 5.97 Å². The minimum Gasteiger partial charge on any atom is -0.453 e. The molecule has 0 aliphatic rings. The van der Waals surface area contributed by atoms with Gasteiger partial charge in [-0.3, -0.25) is 4.79 Å². The first-order valence-electron chi connectivity index (χ1n) is 4.59. The first-order chi connectivity index (χ1) is 6.50. The van der Waals surface area contributed by atoms with Crippen LogP contribution in [-0.4, -0.2) is 5.97 Å². The monoisotopic (exact) mass is 191 g/mol. The molecule has 0 unspecified atom stereocenters.